The molecule has 1 aliphatic rings. The number of rotatable bonds is 2. The van der Waals surface area contributed by atoms with Crippen LogP contribution < -0.4 is 0 Å². The topological polar surface area (TPSA) is 26.0 Å². The molecule has 0 N–H and O–H groups in total. The minimum atomic E-state index is -2.54. The highest BCUT2D eigenvalue weighted by Gasteiger charge is 2.39. The third-order valence-corrected chi connectivity index (χ3v) is 6.54. The van der Waals surface area contributed by atoms with Crippen molar-refractivity contribution in [3.05, 3.63) is 78.0 Å². The van der Waals surface area contributed by atoms with Gasteiger partial charge in [-0.3, -0.25) is 4.98 Å². The molecule has 4 heteroatoms. The van der Waals surface area contributed by atoms with Crippen molar-refractivity contribution in [1.29, 1.82) is 0 Å². The Morgan fingerprint density at radius 3 is 2.68 bits per heavy atom. The van der Waals surface area contributed by atoms with Crippen molar-refractivity contribution in [2.45, 2.75) is 38.0 Å². The summed E-state index contributed by atoms with van der Waals surface area (Å²) in [7, 11) is 0. The van der Waals surface area contributed by atoms with Crippen LogP contribution in [0.15, 0.2) is 71.3 Å². The van der Waals surface area contributed by atoms with E-state index in [0.29, 0.717) is 6.42 Å². The Morgan fingerprint density at radius 1 is 0.968 bits per heavy atom. The van der Waals surface area contributed by atoms with Crippen LogP contribution in [0.3, 0.4) is 0 Å². The van der Waals surface area contributed by atoms with Gasteiger partial charge in [0.1, 0.15) is 11.2 Å². The zero-order valence-corrected chi connectivity index (χ0v) is 17.2. The van der Waals surface area contributed by atoms with E-state index in [4.69, 9.17) is 9.40 Å². The van der Waals surface area contributed by atoms with Gasteiger partial charge in [0.2, 0.25) is 5.92 Å². The van der Waals surface area contributed by atoms with Gasteiger partial charge < -0.3 is 4.42 Å². The molecule has 0 aliphatic heterocycles. The lowest BCUT2D eigenvalue weighted by Gasteiger charge is -2.13. The molecule has 1 unspecified atom stereocenters. The molecule has 1 atom stereocenters. The number of para-hydroxylation sites is 1. The fourth-order valence-electron chi connectivity index (χ4n) is 5.05. The Hall–Kier alpha value is -3.27. The summed E-state index contributed by atoms with van der Waals surface area (Å²) in [5.41, 5.74) is 5.61. The third-order valence-electron chi connectivity index (χ3n) is 6.54. The van der Waals surface area contributed by atoms with E-state index in [1.807, 2.05) is 36.4 Å². The maximum Gasteiger partial charge on any atom is 0.248 e. The maximum absolute atomic E-state index is 13.7. The van der Waals surface area contributed by atoms with E-state index < -0.39 is 5.92 Å². The van der Waals surface area contributed by atoms with Gasteiger partial charge in [0.05, 0.1) is 5.69 Å². The smallest absolute Gasteiger partial charge is 0.248 e. The molecule has 1 aliphatic carbocycles. The number of furan rings is 1. The largest absolute Gasteiger partial charge is 0.455 e. The summed E-state index contributed by atoms with van der Waals surface area (Å²) < 4.78 is 33.7. The average Bonchev–Trinajstić information content (AvgIpc) is 3.32. The predicted octanol–water partition coefficient (Wildman–Crippen LogP) is 8.01. The van der Waals surface area contributed by atoms with Crippen LogP contribution in [0.2, 0.25) is 0 Å². The number of hydrogen-bond donors (Lipinski definition) is 0. The number of fused-ring (bicyclic) bond motifs is 4. The van der Waals surface area contributed by atoms with Crippen LogP contribution in [0.1, 0.15) is 36.3 Å². The molecule has 0 saturated heterocycles. The first-order valence-corrected chi connectivity index (χ1v) is 10.7. The van der Waals surface area contributed by atoms with Gasteiger partial charge in [0.15, 0.2) is 0 Å². The number of aryl methyl sites for hydroxylation is 1. The summed E-state index contributed by atoms with van der Waals surface area (Å²) in [6.07, 6.45) is 2.24. The molecule has 2 aromatic heterocycles. The molecule has 0 amide bonds. The lowest BCUT2D eigenvalue weighted by atomic mass is 9.93. The summed E-state index contributed by atoms with van der Waals surface area (Å²) in [6, 6.07) is 20.3. The number of hydrogen-bond acceptors (Lipinski definition) is 2. The minimum absolute atomic E-state index is 0.0232. The first-order valence-electron chi connectivity index (χ1n) is 10.7. The molecule has 2 nitrogen and oxygen atoms in total. The highest BCUT2D eigenvalue weighted by atomic mass is 19.3. The van der Waals surface area contributed by atoms with E-state index in [-0.39, 0.29) is 18.8 Å². The molecule has 6 rings (SSSR count). The normalized spacial score (nSPS) is 18.4. The van der Waals surface area contributed by atoms with Crippen LogP contribution in [0.25, 0.3) is 44.0 Å². The van der Waals surface area contributed by atoms with Gasteiger partial charge in [-0.15, -0.1) is 0 Å². The van der Waals surface area contributed by atoms with Gasteiger partial charge in [0.25, 0.3) is 0 Å². The second-order valence-electron chi connectivity index (χ2n) is 8.72. The van der Waals surface area contributed by atoms with Gasteiger partial charge in [-0.2, -0.15) is 0 Å². The Morgan fingerprint density at radius 2 is 1.84 bits per heavy atom. The van der Waals surface area contributed by atoms with E-state index in [0.717, 1.165) is 55.1 Å². The highest BCUT2D eigenvalue weighted by molar-refractivity contribution is 6.11. The predicted molar refractivity (Wildman–Crippen MR) is 121 cm³/mol. The first-order chi connectivity index (χ1) is 15.0. The maximum atomic E-state index is 13.7. The number of nitrogens with zero attached hydrogens (tertiary/aromatic N) is 1. The van der Waals surface area contributed by atoms with Crippen LogP contribution in [0.4, 0.5) is 8.78 Å². The van der Waals surface area contributed by atoms with E-state index in [1.54, 1.807) is 6.20 Å². The van der Waals surface area contributed by atoms with E-state index in [1.165, 1.54) is 0 Å². The van der Waals surface area contributed by atoms with E-state index in [2.05, 4.69) is 31.2 Å². The minimum Gasteiger partial charge on any atom is -0.455 e. The second-order valence-corrected chi connectivity index (χ2v) is 8.72. The van der Waals surface area contributed by atoms with Gasteiger partial charge in [-0.05, 0) is 60.0 Å². The van der Waals surface area contributed by atoms with Gasteiger partial charge in [-0.25, -0.2) is 8.78 Å². The second kappa shape index (κ2) is 6.61. The SMILES string of the molecule is Cc1cc(-c2nccc3cc(C4CCC(F)(F)C4)ccc23)c2oc3ccccc3c2c1. The number of halogens is 2. The zero-order chi connectivity index (χ0) is 21.2. The lowest BCUT2D eigenvalue weighted by molar-refractivity contribution is 0.00777. The Bertz CT molecular complexity index is 1470. The van der Waals surface area contributed by atoms with Crippen LogP contribution in [-0.4, -0.2) is 10.9 Å². The monoisotopic (exact) mass is 413 g/mol. The van der Waals surface area contributed by atoms with Crippen LogP contribution in [0.5, 0.6) is 0 Å². The molecular formula is C27H21F2NO. The average molecular weight is 413 g/mol. The molecule has 154 valence electrons. The van der Waals surface area contributed by atoms with Gasteiger partial charge in [0, 0.05) is 40.8 Å². The fraction of sp³-hybridized carbons (Fsp3) is 0.222. The van der Waals surface area contributed by atoms with Crippen LogP contribution in [-0.2, 0) is 0 Å². The third kappa shape index (κ3) is 3.01. The number of pyridine rings is 1. The van der Waals surface area contributed by atoms with Crippen molar-refractivity contribution in [2.24, 2.45) is 0 Å². The van der Waals surface area contributed by atoms with Crippen molar-refractivity contribution < 1.29 is 13.2 Å². The summed E-state index contributed by atoms with van der Waals surface area (Å²) in [4.78, 5) is 4.71. The van der Waals surface area contributed by atoms with Crippen molar-refractivity contribution in [1.82, 2.24) is 4.98 Å². The van der Waals surface area contributed by atoms with E-state index >= 15 is 0 Å². The molecule has 2 heterocycles. The molecule has 1 saturated carbocycles. The zero-order valence-electron chi connectivity index (χ0n) is 17.2. The Balaban J connectivity index is 1.54. The molecule has 3 aromatic carbocycles. The highest BCUT2D eigenvalue weighted by Crippen LogP contribution is 2.45. The molecule has 5 aromatic rings. The first kappa shape index (κ1) is 18.5. The summed E-state index contributed by atoms with van der Waals surface area (Å²) >= 11 is 0. The van der Waals surface area contributed by atoms with Crippen LogP contribution >= 0.6 is 0 Å². The van der Waals surface area contributed by atoms with Crippen molar-refractivity contribution in [2.75, 3.05) is 0 Å². The molecule has 0 spiro atoms. The van der Waals surface area contributed by atoms with Gasteiger partial charge >= 0.3 is 0 Å². The lowest BCUT2D eigenvalue weighted by Crippen LogP contribution is -2.09. The number of alkyl halides is 2. The molecule has 0 bridgehead atoms. The van der Waals surface area contributed by atoms with Crippen LogP contribution in [0, 0.1) is 6.92 Å². The summed E-state index contributed by atoms with van der Waals surface area (Å²) in [5, 5.41) is 4.19. The molecule has 0 radical (unpaired) electrons. The molecule has 31 heavy (non-hydrogen) atoms. The number of aromatic nitrogens is 1. The Labute approximate surface area is 178 Å². The summed E-state index contributed by atoms with van der Waals surface area (Å²) in [5.74, 6) is -2.63. The quantitative estimate of drug-likeness (QED) is 0.293. The fourth-order valence-corrected chi connectivity index (χ4v) is 5.05. The number of benzene rings is 3. The van der Waals surface area contributed by atoms with Gasteiger partial charge in [-0.1, -0.05) is 36.4 Å². The van der Waals surface area contributed by atoms with Crippen molar-refractivity contribution in [3.8, 4) is 11.3 Å². The summed E-state index contributed by atoms with van der Waals surface area (Å²) in [6.45, 7) is 2.08. The Kier molecular flexibility index (Phi) is 3.95. The molecular weight excluding hydrogens is 392 g/mol. The van der Waals surface area contributed by atoms with Crippen molar-refractivity contribution in [3.63, 3.8) is 0 Å². The van der Waals surface area contributed by atoms with E-state index in [9.17, 15) is 8.78 Å². The standard InChI is InChI=1S/C27H21F2NO/c1-16-12-22-21-4-2-3-5-24(21)31-26(22)23(13-16)25-20-7-6-17(14-18(20)9-11-30-25)19-8-10-27(28,29)15-19/h2-7,9,11-14,19H,8,10,15H2,1H3. The van der Waals surface area contributed by atoms with Crippen molar-refractivity contribution >= 4 is 32.7 Å². The molecule has 1 fully saturated rings.